The molecule has 4 nitrogen and oxygen atoms in total. The molecular weight excluding hydrogens is 206 g/mol. The van der Waals surface area contributed by atoms with Crippen LogP contribution in [-0.2, 0) is 11.8 Å². The molecular formula is C12H11NO3. The van der Waals surface area contributed by atoms with Crippen LogP contribution in [0.15, 0.2) is 24.4 Å². The van der Waals surface area contributed by atoms with Crippen LogP contribution < -0.4 is 0 Å². The quantitative estimate of drug-likeness (QED) is 0.615. The average Bonchev–Trinajstić information content (AvgIpc) is 2.58. The Morgan fingerprint density at radius 1 is 1.31 bits per heavy atom. The Labute approximate surface area is 92.1 Å². The molecule has 1 aromatic heterocycles. The molecule has 2 rings (SSSR count). The molecule has 0 aliphatic carbocycles. The van der Waals surface area contributed by atoms with Crippen molar-refractivity contribution in [3.63, 3.8) is 0 Å². The number of nitrogens with zero attached hydrogens (tertiary/aromatic N) is 1. The maximum absolute atomic E-state index is 11.5. The number of ketones is 1. The van der Waals surface area contributed by atoms with Gasteiger partial charge in [0.1, 0.15) is 0 Å². The first-order chi connectivity index (χ1) is 7.50. The van der Waals surface area contributed by atoms with Gasteiger partial charge in [-0.05, 0) is 30.7 Å². The summed E-state index contributed by atoms with van der Waals surface area (Å²) in [6.45, 7) is 1.84. The Bertz CT molecular complexity index is 596. The fourth-order valence-electron chi connectivity index (χ4n) is 1.88. The minimum atomic E-state index is -1.42. The van der Waals surface area contributed by atoms with E-state index in [1.54, 1.807) is 17.7 Å². The molecule has 0 saturated carbocycles. The molecule has 2 aromatic rings. The maximum Gasteiger partial charge on any atom is 0.377 e. The molecule has 16 heavy (non-hydrogen) atoms. The largest absolute Gasteiger partial charge is 0.475 e. The second-order valence-corrected chi connectivity index (χ2v) is 3.81. The van der Waals surface area contributed by atoms with E-state index in [-0.39, 0.29) is 5.56 Å². The molecule has 4 heteroatoms. The average molecular weight is 217 g/mol. The summed E-state index contributed by atoms with van der Waals surface area (Å²) in [5, 5.41) is 9.64. The number of aliphatic carboxylic acids is 1. The van der Waals surface area contributed by atoms with Crippen LogP contribution in [0.1, 0.15) is 15.9 Å². The Balaban J connectivity index is 2.81. The summed E-state index contributed by atoms with van der Waals surface area (Å²) in [6.07, 6.45) is 1.81. The van der Waals surface area contributed by atoms with E-state index >= 15 is 0 Å². The maximum atomic E-state index is 11.5. The second-order valence-electron chi connectivity index (χ2n) is 3.81. The van der Waals surface area contributed by atoms with Crippen molar-refractivity contribution in [2.45, 2.75) is 6.92 Å². The van der Waals surface area contributed by atoms with Crippen molar-refractivity contribution >= 4 is 22.7 Å². The zero-order valence-corrected chi connectivity index (χ0v) is 9.02. The summed E-state index contributed by atoms with van der Waals surface area (Å²) in [6, 6.07) is 5.40. The van der Waals surface area contributed by atoms with Gasteiger partial charge in [0.05, 0.1) is 11.1 Å². The van der Waals surface area contributed by atoms with Gasteiger partial charge in [-0.3, -0.25) is 4.79 Å². The molecule has 82 valence electrons. The summed E-state index contributed by atoms with van der Waals surface area (Å²) in [5.74, 6) is -2.29. The molecule has 0 fully saturated rings. The van der Waals surface area contributed by atoms with E-state index in [1.807, 2.05) is 25.3 Å². The molecule has 0 bridgehead atoms. The molecule has 0 aliphatic heterocycles. The van der Waals surface area contributed by atoms with Crippen molar-refractivity contribution < 1.29 is 14.7 Å². The molecule has 0 amide bonds. The molecule has 0 aliphatic rings. The van der Waals surface area contributed by atoms with Crippen LogP contribution in [0.5, 0.6) is 0 Å². The molecule has 0 spiro atoms. The van der Waals surface area contributed by atoms with E-state index in [9.17, 15) is 9.59 Å². The van der Waals surface area contributed by atoms with Crippen LogP contribution in [0, 0.1) is 6.92 Å². The fourth-order valence-corrected chi connectivity index (χ4v) is 1.88. The van der Waals surface area contributed by atoms with Gasteiger partial charge in [-0.25, -0.2) is 4.79 Å². The van der Waals surface area contributed by atoms with E-state index in [0.29, 0.717) is 5.52 Å². The van der Waals surface area contributed by atoms with Crippen molar-refractivity contribution in [2.75, 3.05) is 0 Å². The van der Waals surface area contributed by atoms with Crippen LogP contribution in [0.2, 0.25) is 0 Å². The number of hydrogen-bond acceptors (Lipinski definition) is 2. The Kier molecular flexibility index (Phi) is 2.27. The zero-order valence-electron chi connectivity index (χ0n) is 9.02. The third kappa shape index (κ3) is 1.48. The predicted octanol–water partition coefficient (Wildman–Crippen LogP) is 1.75. The fraction of sp³-hybridized carbons (Fsp3) is 0.167. The summed E-state index contributed by atoms with van der Waals surface area (Å²) >= 11 is 0. The van der Waals surface area contributed by atoms with Gasteiger partial charge in [-0.1, -0.05) is 0 Å². The van der Waals surface area contributed by atoms with Crippen molar-refractivity contribution in [2.24, 2.45) is 7.05 Å². The predicted molar refractivity (Wildman–Crippen MR) is 59.6 cm³/mol. The normalized spacial score (nSPS) is 10.6. The zero-order chi connectivity index (χ0) is 11.9. The highest BCUT2D eigenvalue weighted by Gasteiger charge is 2.19. The monoisotopic (exact) mass is 217 g/mol. The summed E-state index contributed by atoms with van der Waals surface area (Å²) in [5.41, 5.74) is 1.79. The lowest BCUT2D eigenvalue weighted by molar-refractivity contribution is -0.131. The number of carboxylic acids is 1. The van der Waals surface area contributed by atoms with E-state index < -0.39 is 11.8 Å². The first-order valence-electron chi connectivity index (χ1n) is 4.84. The Hall–Kier alpha value is -2.10. The smallest absolute Gasteiger partial charge is 0.377 e. The van der Waals surface area contributed by atoms with Crippen LogP contribution in [0.3, 0.4) is 0 Å². The van der Waals surface area contributed by atoms with Crippen LogP contribution in [0.25, 0.3) is 10.9 Å². The van der Waals surface area contributed by atoms with E-state index in [0.717, 1.165) is 10.9 Å². The third-order valence-corrected chi connectivity index (χ3v) is 2.55. The molecule has 0 saturated heterocycles. The lowest BCUT2D eigenvalue weighted by atomic mass is 10.0. The second kappa shape index (κ2) is 3.48. The van der Waals surface area contributed by atoms with E-state index in [4.69, 9.17) is 5.11 Å². The van der Waals surface area contributed by atoms with Gasteiger partial charge in [-0.2, -0.15) is 0 Å². The van der Waals surface area contributed by atoms with Gasteiger partial charge in [-0.15, -0.1) is 0 Å². The minimum absolute atomic E-state index is 0.245. The standard InChI is InChI=1S/C12H11NO3/c1-7-5-8-3-4-13(2)10(8)9(6-7)11(14)12(15)16/h3-6H,1-2H3,(H,15,16). The number of carboxylic acid groups (broad SMARTS) is 1. The van der Waals surface area contributed by atoms with Gasteiger partial charge in [0, 0.05) is 18.6 Å². The number of aryl methyl sites for hydroxylation is 2. The molecule has 0 unspecified atom stereocenters. The highest BCUT2D eigenvalue weighted by atomic mass is 16.4. The van der Waals surface area contributed by atoms with Gasteiger partial charge in [0.25, 0.3) is 5.78 Å². The van der Waals surface area contributed by atoms with Gasteiger partial charge in [0.2, 0.25) is 0 Å². The lowest BCUT2D eigenvalue weighted by Gasteiger charge is -2.04. The first kappa shape index (κ1) is 10.4. The summed E-state index contributed by atoms with van der Waals surface area (Å²) in [4.78, 5) is 22.3. The van der Waals surface area contributed by atoms with E-state index in [1.165, 1.54) is 0 Å². The highest BCUT2D eigenvalue weighted by molar-refractivity contribution is 6.42. The highest BCUT2D eigenvalue weighted by Crippen LogP contribution is 2.22. The van der Waals surface area contributed by atoms with E-state index in [2.05, 4.69) is 0 Å². The lowest BCUT2D eigenvalue weighted by Crippen LogP contribution is -2.14. The van der Waals surface area contributed by atoms with Crippen LogP contribution in [-0.4, -0.2) is 21.4 Å². The third-order valence-electron chi connectivity index (χ3n) is 2.55. The number of carbonyl (C=O) groups is 2. The summed E-state index contributed by atoms with van der Waals surface area (Å²) in [7, 11) is 1.79. The van der Waals surface area contributed by atoms with Gasteiger partial charge < -0.3 is 9.67 Å². The summed E-state index contributed by atoms with van der Waals surface area (Å²) < 4.78 is 1.75. The number of rotatable bonds is 2. The molecule has 1 N–H and O–H groups in total. The number of hydrogen-bond donors (Lipinski definition) is 1. The molecule has 1 heterocycles. The minimum Gasteiger partial charge on any atom is -0.475 e. The number of benzene rings is 1. The number of Topliss-reactive ketones (excluding diaryl/α,β-unsaturated/α-hetero) is 1. The van der Waals surface area contributed by atoms with Gasteiger partial charge >= 0.3 is 5.97 Å². The topological polar surface area (TPSA) is 59.3 Å². The Morgan fingerprint density at radius 3 is 2.62 bits per heavy atom. The molecule has 0 radical (unpaired) electrons. The molecule has 0 atom stereocenters. The number of carbonyl (C=O) groups excluding carboxylic acids is 1. The number of aromatic nitrogens is 1. The van der Waals surface area contributed by atoms with Crippen molar-refractivity contribution in [3.05, 3.63) is 35.5 Å². The first-order valence-corrected chi connectivity index (χ1v) is 4.84. The van der Waals surface area contributed by atoms with Crippen LogP contribution >= 0.6 is 0 Å². The number of fused-ring (bicyclic) bond motifs is 1. The van der Waals surface area contributed by atoms with Crippen molar-refractivity contribution in [1.29, 1.82) is 0 Å². The van der Waals surface area contributed by atoms with Crippen molar-refractivity contribution in [1.82, 2.24) is 4.57 Å². The SMILES string of the molecule is Cc1cc(C(=O)C(=O)O)c2c(ccn2C)c1. The molecule has 1 aromatic carbocycles. The van der Waals surface area contributed by atoms with Crippen LogP contribution in [0.4, 0.5) is 0 Å². The van der Waals surface area contributed by atoms with Crippen molar-refractivity contribution in [3.8, 4) is 0 Å². The van der Waals surface area contributed by atoms with Gasteiger partial charge in [0.15, 0.2) is 0 Å². The Morgan fingerprint density at radius 2 is 2.00 bits per heavy atom.